The highest BCUT2D eigenvalue weighted by Gasteiger charge is 2.35. The van der Waals surface area contributed by atoms with Crippen LogP contribution in [0, 0.1) is 5.82 Å². The molecule has 0 radical (unpaired) electrons. The molecule has 1 aliphatic rings. The number of nitrogens with zero attached hydrogens (tertiary/aromatic N) is 2. The van der Waals surface area contributed by atoms with Crippen LogP contribution in [0.3, 0.4) is 0 Å². The minimum Gasteiger partial charge on any atom is -0.358 e. The van der Waals surface area contributed by atoms with Crippen molar-refractivity contribution in [3.8, 4) is 0 Å². The topological polar surface area (TPSA) is 86.8 Å². The summed E-state index contributed by atoms with van der Waals surface area (Å²) >= 11 is 0. The monoisotopic (exact) mass is 399 g/mol. The Labute approximate surface area is 159 Å². The van der Waals surface area contributed by atoms with Crippen LogP contribution in [0.4, 0.5) is 4.39 Å². The van der Waals surface area contributed by atoms with E-state index in [4.69, 9.17) is 0 Å². The van der Waals surface area contributed by atoms with Crippen molar-refractivity contribution in [1.29, 1.82) is 0 Å². The van der Waals surface area contributed by atoms with Gasteiger partial charge in [-0.05, 0) is 38.1 Å². The van der Waals surface area contributed by atoms with E-state index in [1.54, 1.807) is 11.9 Å². The molecule has 0 aliphatic carbocycles. The van der Waals surface area contributed by atoms with Gasteiger partial charge in [-0.1, -0.05) is 0 Å². The number of halogens is 1. The number of hydrogen-bond acceptors (Lipinski definition) is 5. The zero-order valence-corrected chi connectivity index (χ0v) is 16.6. The molecule has 150 valence electrons. The van der Waals surface area contributed by atoms with Gasteiger partial charge in [0.05, 0.1) is 10.6 Å². The van der Waals surface area contributed by atoms with Crippen molar-refractivity contribution in [3.05, 3.63) is 30.1 Å². The summed E-state index contributed by atoms with van der Waals surface area (Å²) in [7, 11) is -2.12. The number of carbonyl (C=O) groups is 2. The first kappa shape index (κ1) is 21.3. The molecule has 7 nitrogen and oxygen atoms in total. The van der Waals surface area contributed by atoms with Crippen molar-refractivity contribution < 1.29 is 22.4 Å². The lowest BCUT2D eigenvalue weighted by Gasteiger charge is -2.42. The molecule has 1 atom stereocenters. The molecule has 1 aromatic rings. The molecule has 2 rings (SSSR count). The third kappa shape index (κ3) is 5.26. The summed E-state index contributed by atoms with van der Waals surface area (Å²) in [5.74, 6) is -1.35. The van der Waals surface area contributed by atoms with Crippen molar-refractivity contribution in [1.82, 2.24) is 15.1 Å². The molecule has 0 aromatic heterocycles. The molecule has 0 saturated carbocycles. The van der Waals surface area contributed by atoms with E-state index in [1.165, 1.54) is 12.1 Å². The standard InChI is InChI=1S/C18H26FN3O4S/c1-13(2)22-10-9-21(12-16(22)18(24)20-3)17(23)8-11-27(25,26)15-6-4-14(19)5-7-15/h4-7,13,16H,8-12H2,1-3H3,(H,20,24)/t16-/m0/s1. The number of nitrogens with one attached hydrogen (secondary N) is 1. The smallest absolute Gasteiger partial charge is 0.238 e. The van der Waals surface area contributed by atoms with Crippen molar-refractivity contribution in [2.45, 2.75) is 37.2 Å². The molecular weight excluding hydrogens is 373 g/mol. The van der Waals surface area contributed by atoms with Crippen molar-refractivity contribution in [2.24, 2.45) is 0 Å². The van der Waals surface area contributed by atoms with Gasteiger partial charge in [0.25, 0.3) is 0 Å². The molecule has 1 N–H and O–H groups in total. The van der Waals surface area contributed by atoms with Gasteiger partial charge in [-0.15, -0.1) is 0 Å². The number of likely N-dealkylation sites (N-methyl/N-ethyl adjacent to an activating group) is 1. The van der Waals surface area contributed by atoms with Crippen LogP contribution >= 0.6 is 0 Å². The molecule has 27 heavy (non-hydrogen) atoms. The molecule has 0 spiro atoms. The van der Waals surface area contributed by atoms with Crippen LogP contribution in [0.1, 0.15) is 20.3 Å². The Morgan fingerprint density at radius 1 is 1.22 bits per heavy atom. The first-order valence-corrected chi connectivity index (χ1v) is 10.5. The third-order valence-corrected chi connectivity index (χ3v) is 6.48. The van der Waals surface area contributed by atoms with Crippen molar-refractivity contribution in [2.75, 3.05) is 32.4 Å². The van der Waals surface area contributed by atoms with E-state index in [-0.39, 0.29) is 41.5 Å². The Hall–Kier alpha value is -2.00. The number of carbonyl (C=O) groups excluding carboxylic acids is 2. The van der Waals surface area contributed by atoms with Crippen molar-refractivity contribution >= 4 is 21.7 Å². The van der Waals surface area contributed by atoms with E-state index in [9.17, 15) is 22.4 Å². The van der Waals surface area contributed by atoms with E-state index in [1.807, 2.05) is 18.7 Å². The van der Waals surface area contributed by atoms with Crippen molar-refractivity contribution in [3.63, 3.8) is 0 Å². The van der Waals surface area contributed by atoms with Crippen LogP contribution < -0.4 is 5.32 Å². The van der Waals surface area contributed by atoms with E-state index in [0.29, 0.717) is 13.1 Å². The zero-order chi connectivity index (χ0) is 20.2. The second-order valence-corrected chi connectivity index (χ2v) is 8.93. The zero-order valence-electron chi connectivity index (χ0n) is 15.8. The molecule has 1 heterocycles. The number of rotatable bonds is 6. The number of hydrogen-bond donors (Lipinski definition) is 1. The first-order chi connectivity index (χ1) is 12.7. The second kappa shape index (κ2) is 8.79. The molecular formula is C18H26FN3O4S. The molecule has 9 heteroatoms. The van der Waals surface area contributed by atoms with E-state index < -0.39 is 21.7 Å². The van der Waals surface area contributed by atoms with Gasteiger partial charge in [-0.3, -0.25) is 14.5 Å². The predicted octanol–water partition coefficient (Wildman–Crippen LogP) is 0.657. The minimum atomic E-state index is -3.67. The average molecular weight is 399 g/mol. The lowest BCUT2D eigenvalue weighted by Crippen LogP contribution is -2.61. The van der Waals surface area contributed by atoms with Gasteiger partial charge >= 0.3 is 0 Å². The highest BCUT2D eigenvalue weighted by atomic mass is 32.2. The van der Waals surface area contributed by atoms with E-state index in [0.717, 1.165) is 12.1 Å². The fourth-order valence-corrected chi connectivity index (χ4v) is 4.41. The Bertz CT molecular complexity index is 780. The highest BCUT2D eigenvalue weighted by Crippen LogP contribution is 2.17. The second-order valence-electron chi connectivity index (χ2n) is 6.82. The van der Waals surface area contributed by atoms with Crippen LogP contribution in [0.15, 0.2) is 29.2 Å². The molecule has 2 amide bonds. The molecule has 0 unspecified atom stereocenters. The maximum atomic E-state index is 13.0. The summed E-state index contributed by atoms with van der Waals surface area (Å²) in [6, 6.07) is 4.24. The van der Waals surface area contributed by atoms with Gasteiger partial charge in [-0.25, -0.2) is 12.8 Å². The number of sulfone groups is 1. The van der Waals surface area contributed by atoms with Crippen LogP contribution in [0.2, 0.25) is 0 Å². The maximum absolute atomic E-state index is 13.0. The highest BCUT2D eigenvalue weighted by molar-refractivity contribution is 7.91. The summed E-state index contributed by atoms with van der Waals surface area (Å²) in [5.41, 5.74) is 0. The third-order valence-electron chi connectivity index (χ3n) is 4.74. The summed E-state index contributed by atoms with van der Waals surface area (Å²) in [6.45, 7) is 5.20. The molecule has 0 bridgehead atoms. The summed E-state index contributed by atoms with van der Waals surface area (Å²) in [5, 5.41) is 2.62. The van der Waals surface area contributed by atoms with E-state index in [2.05, 4.69) is 5.32 Å². The Balaban J connectivity index is 2.01. The average Bonchev–Trinajstić information content (AvgIpc) is 2.65. The minimum absolute atomic E-state index is 0.00966. The van der Waals surface area contributed by atoms with Gasteiger partial charge in [0.1, 0.15) is 11.9 Å². The van der Waals surface area contributed by atoms with Crippen LogP contribution in [-0.2, 0) is 19.4 Å². The van der Waals surface area contributed by atoms with Crippen LogP contribution in [0.5, 0.6) is 0 Å². The summed E-state index contributed by atoms with van der Waals surface area (Å²) in [6.07, 6.45) is -0.179. The largest absolute Gasteiger partial charge is 0.358 e. The molecule has 1 fully saturated rings. The first-order valence-electron chi connectivity index (χ1n) is 8.89. The number of benzene rings is 1. The molecule has 1 aliphatic heterocycles. The van der Waals surface area contributed by atoms with Crippen LogP contribution in [-0.4, -0.2) is 74.6 Å². The van der Waals surface area contributed by atoms with Gasteiger partial charge in [-0.2, -0.15) is 0 Å². The normalized spacial score (nSPS) is 18.6. The predicted molar refractivity (Wildman–Crippen MR) is 99.3 cm³/mol. The van der Waals surface area contributed by atoms with Gasteiger partial charge in [0, 0.05) is 39.1 Å². The SMILES string of the molecule is CNC(=O)[C@@H]1CN(C(=O)CCS(=O)(=O)c2ccc(F)cc2)CCN1C(C)C. The lowest BCUT2D eigenvalue weighted by atomic mass is 10.1. The Morgan fingerprint density at radius 3 is 2.41 bits per heavy atom. The van der Waals surface area contributed by atoms with Gasteiger partial charge in [0.2, 0.25) is 11.8 Å². The van der Waals surface area contributed by atoms with Crippen LogP contribution in [0.25, 0.3) is 0 Å². The Morgan fingerprint density at radius 2 is 1.85 bits per heavy atom. The number of amides is 2. The molecule has 1 saturated heterocycles. The quantitative estimate of drug-likeness (QED) is 0.710. The van der Waals surface area contributed by atoms with E-state index >= 15 is 0 Å². The van der Waals surface area contributed by atoms with Gasteiger partial charge < -0.3 is 10.2 Å². The van der Waals surface area contributed by atoms with Gasteiger partial charge in [0.15, 0.2) is 9.84 Å². The number of piperazine rings is 1. The molecule has 1 aromatic carbocycles. The summed E-state index contributed by atoms with van der Waals surface area (Å²) in [4.78, 5) is 28.2. The Kier molecular flexibility index (Phi) is 6.94. The maximum Gasteiger partial charge on any atom is 0.238 e. The fraction of sp³-hybridized carbons (Fsp3) is 0.556. The summed E-state index contributed by atoms with van der Waals surface area (Å²) < 4.78 is 37.6. The fourth-order valence-electron chi connectivity index (χ4n) is 3.18. The lowest BCUT2D eigenvalue weighted by molar-refractivity contribution is -0.138.